The molecule has 0 aliphatic carbocycles. The number of methoxy groups -OCH3 is 1. The Labute approximate surface area is 205 Å². The average Bonchev–Trinajstić information content (AvgIpc) is 3.34. The van der Waals surface area contributed by atoms with Gasteiger partial charge in [-0.15, -0.1) is 0 Å². The Kier molecular flexibility index (Phi) is 5.79. The minimum atomic E-state index is -0.102. The summed E-state index contributed by atoms with van der Waals surface area (Å²) in [7, 11) is 1.67. The molecule has 34 heavy (non-hydrogen) atoms. The SMILES string of the molecule is COc1ccc(N2C(=S)NC(c3ccccn3)C2c2cc(C)n(-c3cc(C)ccn3)c2C)cc1. The van der Waals surface area contributed by atoms with Crippen molar-refractivity contribution in [1.82, 2.24) is 19.9 Å². The van der Waals surface area contributed by atoms with Crippen LogP contribution in [0.4, 0.5) is 5.69 Å². The molecule has 4 heterocycles. The lowest BCUT2D eigenvalue weighted by Crippen LogP contribution is -2.29. The number of aryl methyl sites for hydroxylation is 2. The maximum atomic E-state index is 5.87. The molecule has 1 fully saturated rings. The number of ether oxygens (including phenoxy) is 1. The van der Waals surface area contributed by atoms with Gasteiger partial charge in [0.25, 0.3) is 0 Å². The molecule has 1 saturated heterocycles. The van der Waals surface area contributed by atoms with Gasteiger partial charge in [0.15, 0.2) is 5.11 Å². The summed E-state index contributed by atoms with van der Waals surface area (Å²) in [6, 6.07) is 20.2. The van der Waals surface area contributed by atoms with E-state index in [9.17, 15) is 0 Å². The van der Waals surface area contributed by atoms with Gasteiger partial charge in [-0.3, -0.25) is 4.98 Å². The predicted molar refractivity (Wildman–Crippen MR) is 139 cm³/mol. The zero-order chi connectivity index (χ0) is 23.8. The van der Waals surface area contributed by atoms with Gasteiger partial charge in [-0.1, -0.05) is 6.07 Å². The summed E-state index contributed by atoms with van der Waals surface area (Å²) in [4.78, 5) is 11.5. The molecule has 0 spiro atoms. The van der Waals surface area contributed by atoms with E-state index in [1.807, 2.05) is 60.9 Å². The van der Waals surface area contributed by atoms with E-state index >= 15 is 0 Å². The molecule has 4 aromatic rings. The quantitative estimate of drug-likeness (QED) is 0.396. The van der Waals surface area contributed by atoms with Crippen molar-refractivity contribution in [2.75, 3.05) is 12.0 Å². The average molecular weight is 470 g/mol. The molecule has 0 radical (unpaired) electrons. The Morgan fingerprint density at radius 2 is 1.74 bits per heavy atom. The second-order valence-electron chi connectivity index (χ2n) is 8.55. The number of rotatable bonds is 5. The Bertz CT molecular complexity index is 1330. The van der Waals surface area contributed by atoms with Crippen LogP contribution in [0.3, 0.4) is 0 Å². The number of hydrogen-bond donors (Lipinski definition) is 1. The molecule has 1 aliphatic heterocycles. The number of aromatic nitrogens is 3. The second-order valence-corrected chi connectivity index (χ2v) is 8.93. The maximum absolute atomic E-state index is 5.87. The fraction of sp³-hybridized carbons (Fsp3) is 0.222. The van der Waals surface area contributed by atoms with Gasteiger partial charge in [0.1, 0.15) is 11.6 Å². The first-order chi connectivity index (χ1) is 16.5. The number of hydrogen-bond acceptors (Lipinski definition) is 4. The van der Waals surface area contributed by atoms with Crippen LogP contribution in [-0.4, -0.2) is 26.8 Å². The van der Waals surface area contributed by atoms with E-state index in [2.05, 4.69) is 57.7 Å². The van der Waals surface area contributed by atoms with Crippen molar-refractivity contribution >= 4 is 23.0 Å². The summed E-state index contributed by atoms with van der Waals surface area (Å²) >= 11 is 5.87. The Morgan fingerprint density at radius 3 is 2.41 bits per heavy atom. The summed E-state index contributed by atoms with van der Waals surface area (Å²) in [6.45, 7) is 6.35. The highest BCUT2D eigenvalue weighted by molar-refractivity contribution is 7.80. The molecule has 1 aliphatic rings. The van der Waals surface area contributed by atoms with E-state index in [1.54, 1.807) is 7.11 Å². The fourth-order valence-corrected chi connectivity index (χ4v) is 5.12. The first-order valence-corrected chi connectivity index (χ1v) is 11.7. The zero-order valence-corrected chi connectivity index (χ0v) is 20.5. The summed E-state index contributed by atoms with van der Waals surface area (Å²) in [5.41, 5.74) is 6.56. The van der Waals surface area contributed by atoms with Gasteiger partial charge in [0.05, 0.1) is 24.9 Å². The van der Waals surface area contributed by atoms with E-state index in [0.717, 1.165) is 34.3 Å². The first-order valence-electron chi connectivity index (χ1n) is 11.2. The number of benzene rings is 1. The van der Waals surface area contributed by atoms with Crippen molar-refractivity contribution < 1.29 is 4.74 Å². The van der Waals surface area contributed by atoms with Crippen LogP contribution < -0.4 is 15.0 Å². The number of pyridine rings is 2. The number of anilines is 1. The van der Waals surface area contributed by atoms with Crippen LogP contribution in [0.25, 0.3) is 5.82 Å². The third-order valence-corrected chi connectivity index (χ3v) is 6.68. The Morgan fingerprint density at radius 1 is 0.941 bits per heavy atom. The standard InChI is InChI=1S/C27H27N5OS/c1-17-12-14-29-24(15-17)31-18(2)16-22(19(31)3)26-25(23-7-5-6-13-28-23)30-27(34)32(26)20-8-10-21(33-4)11-9-20/h5-16,25-26H,1-4H3,(H,30,34). The molecule has 0 amide bonds. The van der Waals surface area contributed by atoms with Crippen LogP contribution in [0, 0.1) is 20.8 Å². The molecule has 1 aromatic carbocycles. The minimum absolute atomic E-state index is 0.0828. The summed E-state index contributed by atoms with van der Waals surface area (Å²) < 4.78 is 7.58. The van der Waals surface area contributed by atoms with Crippen molar-refractivity contribution in [3.63, 3.8) is 0 Å². The van der Waals surface area contributed by atoms with Crippen molar-refractivity contribution in [2.24, 2.45) is 0 Å². The van der Waals surface area contributed by atoms with Crippen molar-refractivity contribution in [1.29, 1.82) is 0 Å². The molecule has 0 saturated carbocycles. The summed E-state index contributed by atoms with van der Waals surface area (Å²) in [6.07, 6.45) is 3.68. The highest BCUT2D eigenvalue weighted by Gasteiger charge is 2.42. The maximum Gasteiger partial charge on any atom is 0.174 e. The highest BCUT2D eigenvalue weighted by Crippen LogP contribution is 2.43. The lowest BCUT2D eigenvalue weighted by molar-refractivity contribution is 0.415. The topological polar surface area (TPSA) is 55.2 Å². The van der Waals surface area contributed by atoms with Crippen LogP contribution in [0.2, 0.25) is 0 Å². The van der Waals surface area contributed by atoms with Gasteiger partial charge in [-0.05, 0) is 98.7 Å². The van der Waals surface area contributed by atoms with E-state index < -0.39 is 0 Å². The van der Waals surface area contributed by atoms with Crippen LogP contribution in [0.15, 0.2) is 73.1 Å². The molecule has 7 heteroatoms. The number of thiocarbonyl (C=S) groups is 1. The molecular formula is C27H27N5OS. The lowest BCUT2D eigenvalue weighted by atomic mass is 9.96. The van der Waals surface area contributed by atoms with Crippen LogP contribution in [0.5, 0.6) is 5.75 Å². The molecule has 0 bridgehead atoms. The van der Waals surface area contributed by atoms with Crippen molar-refractivity contribution in [2.45, 2.75) is 32.9 Å². The molecular weight excluding hydrogens is 442 g/mol. The lowest BCUT2D eigenvalue weighted by Gasteiger charge is -2.28. The monoisotopic (exact) mass is 469 g/mol. The number of nitrogens with one attached hydrogen (secondary N) is 1. The van der Waals surface area contributed by atoms with Crippen LogP contribution >= 0.6 is 12.2 Å². The number of nitrogens with zero attached hydrogens (tertiary/aromatic N) is 4. The van der Waals surface area contributed by atoms with Gasteiger partial charge < -0.3 is 19.5 Å². The molecule has 172 valence electrons. The van der Waals surface area contributed by atoms with Gasteiger partial charge >= 0.3 is 0 Å². The Hall–Kier alpha value is -3.71. The zero-order valence-electron chi connectivity index (χ0n) is 19.7. The van der Waals surface area contributed by atoms with Gasteiger partial charge in [-0.2, -0.15) is 0 Å². The van der Waals surface area contributed by atoms with E-state index in [1.165, 1.54) is 11.1 Å². The highest BCUT2D eigenvalue weighted by atomic mass is 32.1. The van der Waals surface area contributed by atoms with Crippen molar-refractivity contribution in [3.8, 4) is 11.6 Å². The molecule has 2 atom stereocenters. The van der Waals surface area contributed by atoms with E-state index in [-0.39, 0.29) is 12.1 Å². The van der Waals surface area contributed by atoms with Gasteiger partial charge in [0.2, 0.25) is 0 Å². The first kappa shape index (κ1) is 22.1. The molecule has 1 N–H and O–H groups in total. The molecule has 2 unspecified atom stereocenters. The normalized spacial score (nSPS) is 17.6. The summed E-state index contributed by atoms with van der Waals surface area (Å²) in [5, 5.41) is 4.21. The Balaban J connectivity index is 1.67. The third kappa shape index (κ3) is 3.82. The molecule has 5 rings (SSSR count). The third-order valence-electron chi connectivity index (χ3n) is 6.37. The van der Waals surface area contributed by atoms with E-state index in [4.69, 9.17) is 17.0 Å². The van der Waals surface area contributed by atoms with Gasteiger partial charge in [0, 0.05) is 29.5 Å². The van der Waals surface area contributed by atoms with Crippen LogP contribution in [-0.2, 0) is 0 Å². The largest absolute Gasteiger partial charge is 0.497 e. The molecule has 3 aromatic heterocycles. The predicted octanol–water partition coefficient (Wildman–Crippen LogP) is 5.38. The smallest absolute Gasteiger partial charge is 0.174 e. The van der Waals surface area contributed by atoms with E-state index in [0.29, 0.717) is 5.11 Å². The second kappa shape index (κ2) is 8.91. The fourth-order valence-electron chi connectivity index (χ4n) is 4.77. The van der Waals surface area contributed by atoms with Gasteiger partial charge in [-0.25, -0.2) is 4.98 Å². The minimum Gasteiger partial charge on any atom is -0.497 e. The van der Waals surface area contributed by atoms with Crippen molar-refractivity contribution in [3.05, 3.63) is 101 Å². The van der Waals surface area contributed by atoms with Crippen LogP contribution in [0.1, 0.15) is 40.3 Å². The summed E-state index contributed by atoms with van der Waals surface area (Å²) in [5.74, 6) is 1.73. The molecule has 6 nitrogen and oxygen atoms in total.